The van der Waals surface area contributed by atoms with Crippen LogP contribution in [-0.2, 0) is 0 Å². The molecule has 1 aromatic rings. The van der Waals surface area contributed by atoms with E-state index in [1.807, 2.05) is 12.1 Å². The molecule has 1 aromatic carbocycles. The van der Waals surface area contributed by atoms with Gasteiger partial charge in [0.05, 0.1) is 6.10 Å². The molecule has 0 heterocycles. The summed E-state index contributed by atoms with van der Waals surface area (Å²) in [4.78, 5) is 0. The van der Waals surface area contributed by atoms with Crippen LogP contribution in [0.25, 0.3) is 0 Å². The minimum atomic E-state index is -0.526. The molecule has 4 heteroatoms. The smallest absolute Gasteiger partial charge is 0.0914 e. The molecule has 0 aliphatic heterocycles. The van der Waals surface area contributed by atoms with Crippen LogP contribution in [0.2, 0.25) is 5.02 Å². The highest BCUT2D eigenvalue weighted by atomic mass is 35.5. The predicted molar refractivity (Wildman–Crippen MR) is 72.6 cm³/mol. The zero-order chi connectivity index (χ0) is 13.0. The highest BCUT2D eigenvalue weighted by Gasteiger charge is 2.26. The van der Waals surface area contributed by atoms with Crippen molar-refractivity contribution in [3.05, 3.63) is 34.9 Å². The second-order valence-electron chi connectivity index (χ2n) is 4.96. The molecular weight excluding hydrogens is 250 g/mol. The third kappa shape index (κ3) is 3.45. The van der Waals surface area contributed by atoms with E-state index >= 15 is 0 Å². The fraction of sp³-hybridized carbons (Fsp3) is 0.571. The average molecular weight is 270 g/mol. The molecule has 3 unspecified atom stereocenters. The number of aliphatic hydroxyl groups excluding tert-OH is 2. The van der Waals surface area contributed by atoms with E-state index in [0.29, 0.717) is 23.5 Å². The van der Waals surface area contributed by atoms with Gasteiger partial charge in [0.15, 0.2) is 0 Å². The monoisotopic (exact) mass is 269 g/mol. The van der Waals surface area contributed by atoms with Crippen molar-refractivity contribution in [2.24, 2.45) is 5.92 Å². The summed E-state index contributed by atoms with van der Waals surface area (Å²) in [6.07, 6.45) is 2.78. The summed E-state index contributed by atoms with van der Waals surface area (Å²) in [5, 5.41) is 23.3. The van der Waals surface area contributed by atoms with Crippen LogP contribution in [0.15, 0.2) is 24.3 Å². The summed E-state index contributed by atoms with van der Waals surface area (Å²) in [5.74, 6) is 0.336. The number of halogens is 1. The molecule has 0 radical (unpaired) electrons. The number of benzene rings is 1. The molecule has 0 bridgehead atoms. The van der Waals surface area contributed by atoms with Gasteiger partial charge in [0, 0.05) is 24.2 Å². The van der Waals surface area contributed by atoms with Crippen LogP contribution in [0.5, 0.6) is 0 Å². The van der Waals surface area contributed by atoms with Crippen LogP contribution < -0.4 is 5.32 Å². The fourth-order valence-corrected chi connectivity index (χ4v) is 2.72. The third-order valence-electron chi connectivity index (χ3n) is 3.72. The van der Waals surface area contributed by atoms with Crippen LogP contribution >= 0.6 is 11.6 Å². The molecule has 1 aliphatic carbocycles. The maximum atomic E-state index is 10.1. The Hall–Kier alpha value is -0.610. The third-order valence-corrected chi connectivity index (χ3v) is 3.97. The summed E-state index contributed by atoms with van der Waals surface area (Å²) in [6.45, 7) is 0.748. The molecule has 0 amide bonds. The maximum Gasteiger partial charge on any atom is 0.0914 e. The van der Waals surface area contributed by atoms with Crippen LogP contribution in [0.1, 0.15) is 30.9 Å². The lowest BCUT2D eigenvalue weighted by molar-refractivity contribution is 0.155. The molecule has 0 spiro atoms. The summed E-state index contributed by atoms with van der Waals surface area (Å²) in [5.41, 5.74) is 0.866. The van der Waals surface area contributed by atoms with Gasteiger partial charge in [-0.15, -0.1) is 0 Å². The SMILES string of the molecule is OCC1CCCC1NCC(O)c1ccc(Cl)cc1. The number of rotatable bonds is 5. The molecule has 1 fully saturated rings. The van der Waals surface area contributed by atoms with E-state index in [9.17, 15) is 10.2 Å². The van der Waals surface area contributed by atoms with Gasteiger partial charge in [0.25, 0.3) is 0 Å². The first-order valence-corrected chi connectivity index (χ1v) is 6.86. The first-order valence-electron chi connectivity index (χ1n) is 6.48. The molecule has 3 nitrogen and oxygen atoms in total. The Morgan fingerprint density at radius 1 is 1.28 bits per heavy atom. The van der Waals surface area contributed by atoms with Gasteiger partial charge in [0.1, 0.15) is 0 Å². The van der Waals surface area contributed by atoms with E-state index < -0.39 is 6.10 Å². The van der Waals surface area contributed by atoms with E-state index in [-0.39, 0.29) is 6.61 Å². The molecule has 1 aliphatic rings. The topological polar surface area (TPSA) is 52.5 Å². The molecule has 3 N–H and O–H groups in total. The van der Waals surface area contributed by atoms with Crippen molar-refractivity contribution < 1.29 is 10.2 Å². The maximum absolute atomic E-state index is 10.1. The van der Waals surface area contributed by atoms with Gasteiger partial charge in [-0.1, -0.05) is 30.2 Å². The van der Waals surface area contributed by atoms with Crippen molar-refractivity contribution in [2.75, 3.05) is 13.2 Å². The summed E-state index contributed by atoms with van der Waals surface area (Å²) in [6, 6.07) is 7.58. The van der Waals surface area contributed by atoms with E-state index in [2.05, 4.69) is 5.32 Å². The largest absolute Gasteiger partial charge is 0.396 e. The van der Waals surface area contributed by atoms with Gasteiger partial charge in [-0.05, 0) is 36.5 Å². The summed E-state index contributed by atoms with van der Waals surface area (Å²) >= 11 is 5.81. The zero-order valence-corrected chi connectivity index (χ0v) is 11.1. The number of aliphatic hydroxyl groups is 2. The molecule has 18 heavy (non-hydrogen) atoms. The Morgan fingerprint density at radius 2 is 2.00 bits per heavy atom. The molecule has 2 rings (SSSR count). The lowest BCUT2D eigenvalue weighted by Gasteiger charge is -2.21. The normalized spacial score (nSPS) is 25.3. The predicted octanol–water partition coefficient (Wildman–Crippen LogP) is 2.12. The lowest BCUT2D eigenvalue weighted by Crippen LogP contribution is -2.36. The molecule has 0 saturated heterocycles. The van der Waals surface area contributed by atoms with Crippen molar-refractivity contribution in [3.8, 4) is 0 Å². The van der Waals surface area contributed by atoms with Gasteiger partial charge in [-0.3, -0.25) is 0 Å². The zero-order valence-electron chi connectivity index (χ0n) is 10.3. The van der Waals surface area contributed by atoms with Crippen molar-refractivity contribution in [2.45, 2.75) is 31.4 Å². The van der Waals surface area contributed by atoms with Crippen molar-refractivity contribution in [1.82, 2.24) is 5.32 Å². The van der Waals surface area contributed by atoms with E-state index in [1.54, 1.807) is 12.1 Å². The highest BCUT2D eigenvalue weighted by Crippen LogP contribution is 2.25. The Kier molecular flexibility index (Phi) is 5.01. The van der Waals surface area contributed by atoms with Gasteiger partial charge in [-0.2, -0.15) is 0 Å². The molecule has 3 atom stereocenters. The average Bonchev–Trinajstić information content (AvgIpc) is 2.84. The van der Waals surface area contributed by atoms with Gasteiger partial charge < -0.3 is 15.5 Å². The second-order valence-corrected chi connectivity index (χ2v) is 5.39. The van der Waals surface area contributed by atoms with E-state index in [4.69, 9.17) is 11.6 Å². The minimum Gasteiger partial charge on any atom is -0.396 e. The Morgan fingerprint density at radius 3 is 2.67 bits per heavy atom. The van der Waals surface area contributed by atoms with E-state index in [1.165, 1.54) is 0 Å². The number of hydrogen-bond donors (Lipinski definition) is 3. The standard InChI is InChI=1S/C14H20ClNO2/c15-12-6-4-10(5-7-12)14(18)8-16-13-3-1-2-11(13)9-17/h4-7,11,13-14,16-18H,1-3,8-9H2. The first kappa shape index (κ1) is 13.8. The number of nitrogens with one attached hydrogen (secondary N) is 1. The quantitative estimate of drug-likeness (QED) is 0.768. The molecule has 0 aromatic heterocycles. The summed E-state index contributed by atoms with van der Waals surface area (Å²) < 4.78 is 0. The first-order chi connectivity index (χ1) is 8.70. The Balaban J connectivity index is 1.84. The highest BCUT2D eigenvalue weighted by molar-refractivity contribution is 6.30. The van der Waals surface area contributed by atoms with Crippen molar-refractivity contribution >= 4 is 11.6 Å². The summed E-state index contributed by atoms with van der Waals surface area (Å²) in [7, 11) is 0. The van der Waals surface area contributed by atoms with Crippen LogP contribution in [0, 0.1) is 5.92 Å². The Labute approximate surface area is 113 Å². The van der Waals surface area contributed by atoms with Crippen LogP contribution in [-0.4, -0.2) is 29.4 Å². The molecule has 100 valence electrons. The van der Waals surface area contributed by atoms with Crippen molar-refractivity contribution in [1.29, 1.82) is 0 Å². The van der Waals surface area contributed by atoms with Crippen molar-refractivity contribution in [3.63, 3.8) is 0 Å². The fourth-order valence-electron chi connectivity index (χ4n) is 2.59. The molecule has 1 saturated carbocycles. The second kappa shape index (κ2) is 6.53. The lowest BCUT2D eigenvalue weighted by atomic mass is 10.0. The van der Waals surface area contributed by atoms with Gasteiger partial charge >= 0.3 is 0 Å². The van der Waals surface area contributed by atoms with Gasteiger partial charge in [-0.25, -0.2) is 0 Å². The minimum absolute atomic E-state index is 0.231. The van der Waals surface area contributed by atoms with Crippen LogP contribution in [0.4, 0.5) is 0 Å². The number of hydrogen-bond acceptors (Lipinski definition) is 3. The Bertz CT molecular complexity index is 369. The van der Waals surface area contributed by atoms with Crippen LogP contribution in [0.3, 0.4) is 0 Å². The van der Waals surface area contributed by atoms with E-state index in [0.717, 1.165) is 24.8 Å². The molecular formula is C14H20ClNO2. The van der Waals surface area contributed by atoms with Gasteiger partial charge in [0.2, 0.25) is 0 Å².